The average molecular weight is 110 g/mol. The second-order valence-electron chi connectivity index (χ2n) is 3.46. The van der Waals surface area contributed by atoms with Crippen molar-refractivity contribution < 1.29 is 4.79 Å². The molecule has 1 heteroatoms. The minimum atomic E-state index is 0.157. The van der Waals surface area contributed by atoms with E-state index >= 15 is 0 Å². The lowest BCUT2D eigenvalue weighted by atomic mass is 9.71. The Bertz CT molecular complexity index is 142. The van der Waals surface area contributed by atoms with Gasteiger partial charge in [0.15, 0.2) is 0 Å². The van der Waals surface area contributed by atoms with Gasteiger partial charge in [0.25, 0.3) is 0 Å². The molecule has 0 atom stereocenters. The number of carbonyl (C=O) groups excluding carboxylic acids is 1. The topological polar surface area (TPSA) is 17.1 Å². The van der Waals surface area contributed by atoms with Gasteiger partial charge in [-0.05, 0) is 18.8 Å². The molecule has 44 valence electrons. The smallest absolute Gasteiger partial charge is 0.139 e. The summed E-state index contributed by atoms with van der Waals surface area (Å²) in [7, 11) is 0. The highest BCUT2D eigenvalue weighted by atomic mass is 16.1. The Morgan fingerprint density at radius 3 is 2.38 bits per heavy atom. The standard InChI is InChI=1S/C7H10O/c1-7-3-5(4-7)2-6(7)8/h5H,2-4H2,1H3. The highest BCUT2D eigenvalue weighted by Gasteiger charge is 2.53. The monoisotopic (exact) mass is 110 g/mol. The van der Waals surface area contributed by atoms with Gasteiger partial charge in [0.1, 0.15) is 5.78 Å². The third kappa shape index (κ3) is 0.320. The fraction of sp³-hybridized carbons (Fsp3) is 0.857. The first-order valence-corrected chi connectivity index (χ1v) is 3.24. The van der Waals surface area contributed by atoms with Gasteiger partial charge in [0.2, 0.25) is 0 Å². The number of carbonyl (C=O) groups is 1. The lowest BCUT2D eigenvalue weighted by Gasteiger charge is -2.32. The van der Waals surface area contributed by atoms with Crippen LogP contribution in [-0.4, -0.2) is 5.78 Å². The van der Waals surface area contributed by atoms with Crippen LogP contribution in [0, 0.1) is 11.3 Å². The third-order valence-corrected chi connectivity index (χ3v) is 2.63. The Labute approximate surface area is 49.1 Å². The van der Waals surface area contributed by atoms with Crippen LogP contribution in [-0.2, 0) is 4.79 Å². The zero-order valence-corrected chi connectivity index (χ0v) is 5.11. The second-order valence-corrected chi connectivity index (χ2v) is 3.46. The van der Waals surface area contributed by atoms with Crippen LogP contribution in [0.25, 0.3) is 0 Å². The molecule has 2 bridgehead atoms. The van der Waals surface area contributed by atoms with E-state index in [0.717, 1.165) is 12.3 Å². The van der Waals surface area contributed by atoms with Crippen LogP contribution in [0.5, 0.6) is 0 Å². The average Bonchev–Trinajstić information content (AvgIpc) is 1.90. The van der Waals surface area contributed by atoms with Crippen LogP contribution in [0.4, 0.5) is 0 Å². The SMILES string of the molecule is CC12CC(CC1=O)C2. The molecule has 3 aliphatic rings. The molecule has 0 heterocycles. The summed E-state index contributed by atoms with van der Waals surface area (Å²) in [5, 5.41) is 0. The summed E-state index contributed by atoms with van der Waals surface area (Å²) in [6.45, 7) is 2.10. The fourth-order valence-electron chi connectivity index (χ4n) is 2.10. The summed E-state index contributed by atoms with van der Waals surface area (Å²) in [6, 6.07) is 0. The van der Waals surface area contributed by atoms with Gasteiger partial charge >= 0.3 is 0 Å². The van der Waals surface area contributed by atoms with Crippen LogP contribution < -0.4 is 0 Å². The molecule has 0 N–H and O–H groups in total. The van der Waals surface area contributed by atoms with Crippen molar-refractivity contribution in [3.63, 3.8) is 0 Å². The Kier molecular flexibility index (Phi) is 0.565. The third-order valence-electron chi connectivity index (χ3n) is 2.63. The van der Waals surface area contributed by atoms with E-state index in [4.69, 9.17) is 0 Å². The quantitative estimate of drug-likeness (QED) is 0.460. The highest BCUT2D eigenvalue weighted by molar-refractivity contribution is 5.89. The van der Waals surface area contributed by atoms with Crippen molar-refractivity contribution in [1.29, 1.82) is 0 Å². The molecule has 0 spiro atoms. The summed E-state index contributed by atoms with van der Waals surface area (Å²) in [6.07, 6.45) is 3.26. The first-order valence-electron chi connectivity index (χ1n) is 3.24. The zero-order chi connectivity index (χ0) is 5.78. The molecule has 0 aromatic carbocycles. The predicted molar refractivity (Wildman–Crippen MR) is 30.5 cm³/mol. The minimum Gasteiger partial charge on any atom is -0.299 e. The van der Waals surface area contributed by atoms with Gasteiger partial charge in [-0.2, -0.15) is 0 Å². The van der Waals surface area contributed by atoms with Gasteiger partial charge in [-0.25, -0.2) is 0 Å². The second kappa shape index (κ2) is 0.996. The van der Waals surface area contributed by atoms with E-state index in [1.807, 2.05) is 0 Å². The van der Waals surface area contributed by atoms with Gasteiger partial charge < -0.3 is 0 Å². The van der Waals surface area contributed by atoms with E-state index in [1.54, 1.807) is 0 Å². The maximum atomic E-state index is 10.9. The minimum absolute atomic E-state index is 0.157. The van der Waals surface area contributed by atoms with Crippen LogP contribution in [0.15, 0.2) is 0 Å². The Morgan fingerprint density at radius 1 is 1.62 bits per heavy atom. The maximum absolute atomic E-state index is 10.9. The summed E-state index contributed by atoms with van der Waals surface area (Å²) in [5.41, 5.74) is 0.157. The Hall–Kier alpha value is -0.330. The summed E-state index contributed by atoms with van der Waals surface area (Å²) in [4.78, 5) is 10.9. The van der Waals surface area contributed by atoms with Crippen LogP contribution in [0.1, 0.15) is 26.2 Å². The number of rotatable bonds is 0. The number of Topliss-reactive ketones (excluding diaryl/α,β-unsaturated/α-hetero) is 1. The molecule has 0 unspecified atom stereocenters. The Morgan fingerprint density at radius 2 is 2.25 bits per heavy atom. The van der Waals surface area contributed by atoms with Gasteiger partial charge in [0, 0.05) is 11.8 Å². The number of fused-ring (bicyclic) bond motifs is 1. The molecule has 3 fully saturated rings. The molecule has 0 saturated heterocycles. The molecule has 8 heavy (non-hydrogen) atoms. The van der Waals surface area contributed by atoms with Crippen LogP contribution in [0.3, 0.4) is 0 Å². The molecule has 0 amide bonds. The van der Waals surface area contributed by atoms with Crippen LogP contribution >= 0.6 is 0 Å². The van der Waals surface area contributed by atoms with Crippen molar-refractivity contribution >= 4 is 5.78 Å². The largest absolute Gasteiger partial charge is 0.299 e. The van der Waals surface area contributed by atoms with Gasteiger partial charge in [-0.3, -0.25) is 4.79 Å². The molecule has 1 nitrogen and oxygen atoms in total. The lowest BCUT2D eigenvalue weighted by molar-refractivity contribution is -0.124. The van der Waals surface area contributed by atoms with Gasteiger partial charge in [-0.15, -0.1) is 0 Å². The maximum Gasteiger partial charge on any atom is 0.139 e. The summed E-state index contributed by atoms with van der Waals surface area (Å²) >= 11 is 0. The molecule has 0 radical (unpaired) electrons. The molecule has 3 rings (SSSR count). The van der Waals surface area contributed by atoms with E-state index in [-0.39, 0.29) is 5.41 Å². The van der Waals surface area contributed by atoms with Crippen LogP contribution in [0.2, 0.25) is 0 Å². The summed E-state index contributed by atoms with van der Waals surface area (Å²) < 4.78 is 0. The molecule has 0 aromatic heterocycles. The normalized spacial score (nSPS) is 51.6. The van der Waals surface area contributed by atoms with E-state index in [0.29, 0.717) is 5.78 Å². The molecule has 3 aliphatic carbocycles. The number of hydrogen-bond donors (Lipinski definition) is 0. The van der Waals surface area contributed by atoms with E-state index in [9.17, 15) is 4.79 Å². The van der Waals surface area contributed by atoms with Crippen molar-refractivity contribution in [3.05, 3.63) is 0 Å². The molecule has 0 aliphatic heterocycles. The van der Waals surface area contributed by atoms with Crippen molar-refractivity contribution in [2.24, 2.45) is 11.3 Å². The van der Waals surface area contributed by atoms with E-state index < -0.39 is 0 Å². The molecule has 0 aromatic rings. The van der Waals surface area contributed by atoms with Gasteiger partial charge in [0.05, 0.1) is 0 Å². The zero-order valence-electron chi connectivity index (χ0n) is 5.11. The van der Waals surface area contributed by atoms with Crippen molar-refractivity contribution in [1.82, 2.24) is 0 Å². The molecular formula is C7H10O. The molecule has 3 saturated carbocycles. The number of ketones is 1. The highest BCUT2D eigenvalue weighted by Crippen LogP contribution is 2.55. The van der Waals surface area contributed by atoms with Gasteiger partial charge in [-0.1, -0.05) is 6.92 Å². The van der Waals surface area contributed by atoms with E-state index in [1.165, 1.54) is 12.8 Å². The first kappa shape index (κ1) is 4.54. The van der Waals surface area contributed by atoms with Crippen molar-refractivity contribution in [3.8, 4) is 0 Å². The molecular weight excluding hydrogens is 100 g/mol. The van der Waals surface area contributed by atoms with Crippen molar-refractivity contribution in [2.75, 3.05) is 0 Å². The number of hydrogen-bond acceptors (Lipinski definition) is 1. The summed E-state index contributed by atoms with van der Waals surface area (Å²) in [5.74, 6) is 1.30. The van der Waals surface area contributed by atoms with Crippen molar-refractivity contribution in [2.45, 2.75) is 26.2 Å². The lowest BCUT2D eigenvalue weighted by Crippen LogP contribution is -2.28. The predicted octanol–water partition coefficient (Wildman–Crippen LogP) is 1.38. The Balaban J connectivity index is 2.33. The fourth-order valence-corrected chi connectivity index (χ4v) is 2.10. The van der Waals surface area contributed by atoms with E-state index in [2.05, 4.69) is 6.92 Å². The first-order chi connectivity index (χ1) is 3.71.